The maximum Gasteiger partial charge on any atom is 3.00 e. The van der Waals surface area contributed by atoms with Gasteiger partial charge in [0, 0.05) is 91.6 Å². The van der Waals surface area contributed by atoms with Gasteiger partial charge in [0.1, 0.15) is 0 Å². The maximum atomic E-state index is 12.7. The first kappa shape index (κ1) is 79.7. The molecule has 1 aliphatic heterocycles. The molecule has 1 fully saturated rings. The van der Waals surface area contributed by atoms with Gasteiger partial charge in [-0.15, -0.1) is 10.2 Å². The molecule has 2 aromatic rings. The van der Waals surface area contributed by atoms with Crippen molar-refractivity contribution in [1.82, 2.24) is 86.6 Å². The topological polar surface area (TPSA) is 540 Å². The van der Waals surface area contributed by atoms with E-state index in [1.54, 1.807) is 31.9 Å². The zero-order valence-electron chi connectivity index (χ0n) is 43.4. The van der Waals surface area contributed by atoms with Crippen molar-refractivity contribution >= 4 is 71.2 Å². The molecule has 1 saturated heterocycles. The SMILES string of the molecule is NNC(=O)c1n[nH]nc1C(=O)CNC(=O)CN1CCN(CC(=O)[O-])CCN(CC(=O)[O-])CCN(CC(=O)O)CC1.O=C=O.[CH2-]N(CCN(CC)CC(=O)[O-])CCN(CC(=O)[O-])CC(=O)CNC(=O)c1n[nH]nc1C(=O)NN.[Gd+3].[Gd+3].[Na+]. The van der Waals surface area contributed by atoms with Crippen molar-refractivity contribution in [3.05, 3.63) is 29.8 Å². The number of amides is 4. The van der Waals surface area contributed by atoms with Crippen molar-refractivity contribution in [2.45, 2.75) is 6.92 Å². The average Bonchev–Trinajstić information content (AvgIpc) is 4.07. The van der Waals surface area contributed by atoms with Gasteiger partial charge in [-0.2, -0.15) is 30.2 Å². The van der Waals surface area contributed by atoms with Crippen LogP contribution < -0.4 is 83.2 Å². The summed E-state index contributed by atoms with van der Waals surface area (Å²) in [4.78, 5) is 155. The minimum absolute atomic E-state index is 0. The Labute approximate surface area is 542 Å². The molecule has 3 rings (SSSR count). The summed E-state index contributed by atoms with van der Waals surface area (Å²) in [5, 5.41) is 76.6. The number of H-pyrrole nitrogens is 2. The number of nitrogens with two attached hydrogens (primary N) is 2. The summed E-state index contributed by atoms with van der Waals surface area (Å²) in [5.74, 6) is -0.607. The molecule has 0 unspecified atom stereocenters. The van der Waals surface area contributed by atoms with Crippen LogP contribution in [-0.2, 0) is 43.2 Å². The maximum absolute atomic E-state index is 12.7. The van der Waals surface area contributed by atoms with Gasteiger partial charge in [0.25, 0.3) is 17.7 Å². The number of hydrazine groups is 2. The molecule has 40 heteroatoms. The number of carboxylic acid groups (broad SMARTS) is 5. The molecule has 0 bridgehead atoms. The normalized spacial score (nSPS) is 13.2. The molecule has 1 aliphatic rings. The standard InChI is InChI=1S/C21H34N10O9.C18H30N9O7.CO2.2Gd.Na/c22-24-21(40)20-19(25-27-26-20)14(32)9-23-15(33)10-28-1-3-29(11-16(34)35)5-7-31(13-18(38)39)8-6-30(4-2-28)12-17(36)37;1-3-26(10-13(29)30)6-4-25(2)5-7-27(11-14(31)32)9-12(28)8-20-17(33)15-16(18(34)21-19)23-24-22-15;2-1-3;;;/h1-13,22H2,(H,23,33)(H,24,40)(H,34,35)(H,36,37)(H,38,39)(H,25,26,27);2-11,19H2,1H3,(H,20,33)(H,21,34)(H,29,30)(H,31,32)(H,22,23,24);;;;/q;-1;;2*+3;+1/p-4. The molecule has 2 aromatic heterocycles. The van der Waals surface area contributed by atoms with Gasteiger partial charge in [-0.05, 0) is 19.6 Å². The number of aromatic nitrogens is 6. The second kappa shape index (κ2) is 45.1. The van der Waals surface area contributed by atoms with E-state index < -0.39 is 97.8 Å². The van der Waals surface area contributed by atoms with Crippen molar-refractivity contribution in [1.29, 1.82) is 0 Å². The van der Waals surface area contributed by atoms with E-state index >= 15 is 0 Å². The largest absolute Gasteiger partial charge is 3.00 e. The van der Waals surface area contributed by atoms with Crippen LogP contribution in [0.4, 0.5) is 0 Å². The molecular formula is C40H60Gd2N19NaO18+2. The summed E-state index contributed by atoms with van der Waals surface area (Å²) < 4.78 is 0. The van der Waals surface area contributed by atoms with Crippen LogP contribution in [-0.4, -0.2) is 285 Å². The molecule has 3 heterocycles. The van der Waals surface area contributed by atoms with Gasteiger partial charge in [0.05, 0.1) is 56.6 Å². The number of hydrogen-bond donors (Lipinski definition) is 9. The van der Waals surface area contributed by atoms with Crippen LogP contribution in [0, 0.1) is 86.9 Å². The zero-order chi connectivity index (χ0) is 58.0. The summed E-state index contributed by atoms with van der Waals surface area (Å²) >= 11 is 0. The number of rotatable bonds is 29. The van der Waals surface area contributed by atoms with Gasteiger partial charge in [0.15, 0.2) is 28.6 Å². The smallest absolute Gasteiger partial charge is 0.549 e. The zero-order valence-corrected chi connectivity index (χ0v) is 50.0. The Morgan fingerprint density at radius 2 is 0.950 bits per heavy atom. The molecule has 11 N–H and O–H groups in total. The molecule has 2 radical (unpaired) electrons. The number of aliphatic carboxylic acids is 5. The number of Topliss-reactive ketones (excluding diaryl/α,β-unsaturated/α-hetero) is 2. The molecule has 0 saturated carbocycles. The van der Waals surface area contributed by atoms with Crippen molar-refractivity contribution < 1.29 is 197 Å². The minimum Gasteiger partial charge on any atom is -0.549 e. The van der Waals surface area contributed by atoms with Crippen LogP contribution >= 0.6 is 0 Å². The molecule has 4 amide bonds. The van der Waals surface area contributed by atoms with Crippen LogP contribution in [0.2, 0.25) is 0 Å². The van der Waals surface area contributed by atoms with E-state index in [4.69, 9.17) is 21.3 Å². The number of carboxylic acids is 5. The van der Waals surface area contributed by atoms with Gasteiger partial charge >= 0.3 is 122 Å². The number of nitrogen functional groups attached to an aromatic ring is 2. The summed E-state index contributed by atoms with van der Waals surface area (Å²) in [6, 6.07) is 0. The minimum atomic E-state index is -1.39. The molecule has 80 heavy (non-hydrogen) atoms. The molecule has 0 aromatic carbocycles. The fourth-order valence-electron chi connectivity index (χ4n) is 6.73. The number of aromatic amines is 2. The van der Waals surface area contributed by atoms with Crippen molar-refractivity contribution in [2.24, 2.45) is 11.7 Å². The Morgan fingerprint density at radius 3 is 1.35 bits per heavy atom. The predicted molar refractivity (Wildman–Crippen MR) is 245 cm³/mol. The number of likely N-dealkylation sites (N-methyl/N-ethyl adjacent to an activating group) is 1. The fourth-order valence-corrected chi connectivity index (χ4v) is 6.73. The number of carbonyl (C=O) groups is 11. The third-order valence-corrected chi connectivity index (χ3v) is 10.5. The van der Waals surface area contributed by atoms with E-state index in [2.05, 4.69) is 48.5 Å². The molecule has 438 valence electrons. The summed E-state index contributed by atoms with van der Waals surface area (Å²) in [6.45, 7) is 1.72. The van der Waals surface area contributed by atoms with E-state index in [0.29, 0.717) is 19.6 Å². The van der Waals surface area contributed by atoms with Crippen LogP contribution in [0.25, 0.3) is 0 Å². The van der Waals surface area contributed by atoms with Gasteiger partial charge < -0.3 is 60.2 Å². The molecule has 0 spiro atoms. The number of nitrogens with one attached hydrogen (secondary N) is 6. The Kier molecular flexibility index (Phi) is 44.9. The van der Waals surface area contributed by atoms with Gasteiger partial charge in [-0.1, -0.05) is 6.92 Å². The molecule has 0 aliphatic carbocycles. The van der Waals surface area contributed by atoms with Gasteiger partial charge in [-0.25, -0.2) is 11.7 Å². The third-order valence-electron chi connectivity index (χ3n) is 10.5. The van der Waals surface area contributed by atoms with E-state index in [1.807, 2.05) is 5.43 Å². The van der Waals surface area contributed by atoms with E-state index in [9.17, 15) is 78.3 Å². The first-order chi connectivity index (χ1) is 36.5. The molecule has 0 atom stereocenters. The Morgan fingerprint density at radius 1 is 0.575 bits per heavy atom. The van der Waals surface area contributed by atoms with E-state index in [1.165, 1.54) is 14.7 Å². The Balaban J connectivity index is -0.00000138. The summed E-state index contributed by atoms with van der Waals surface area (Å²) in [6.07, 6.45) is 0.250. The first-order valence-electron chi connectivity index (χ1n) is 22.8. The van der Waals surface area contributed by atoms with Crippen molar-refractivity contribution in [2.75, 3.05) is 144 Å². The first-order valence-corrected chi connectivity index (χ1v) is 22.8. The second-order valence-electron chi connectivity index (χ2n) is 16.2. The number of hydrogen-bond acceptors (Lipinski definition) is 30. The van der Waals surface area contributed by atoms with Crippen molar-refractivity contribution in [3.8, 4) is 0 Å². The Bertz CT molecular complexity index is 2320. The third kappa shape index (κ3) is 34.7. The molecule has 37 nitrogen and oxygen atoms in total. The van der Waals surface area contributed by atoms with E-state index in [0.717, 1.165) is 0 Å². The predicted octanol–water partition coefficient (Wildman–Crippen LogP) is -17.1. The summed E-state index contributed by atoms with van der Waals surface area (Å²) in [5.41, 5.74) is 2.25. The van der Waals surface area contributed by atoms with Gasteiger partial charge in [-0.3, -0.25) is 80.9 Å². The summed E-state index contributed by atoms with van der Waals surface area (Å²) in [7, 11) is 3.83. The number of nitrogens with zero attached hydrogens (tertiary/aromatic N) is 11. The average molecular weight is 1430 g/mol. The van der Waals surface area contributed by atoms with Crippen LogP contribution in [0.1, 0.15) is 48.9 Å². The fraction of sp³-hybridized carbons (Fsp3) is 0.575. The number of ketones is 2. The Hall–Kier alpha value is -4.48. The second-order valence-corrected chi connectivity index (χ2v) is 16.2. The van der Waals surface area contributed by atoms with Gasteiger partial charge in [0.2, 0.25) is 11.7 Å². The van der Waals surface area contributed by atoms with Crippen LogP contribution in [0.15, 0.2) is 0 Å². The van der Waals surface area contributed by atoms with E-state index in [-0.39, 0.29) is 230 Å². The van der Waals surface area contributed by atoms with Crippen LogP contribution in [0.5, 0.6) is 0 Å². The van der Waals surface area contributed by atoms with Crippen LogP contribution in [0.3, 0.4) is 0 Å². The molecular weight excluding hydrogens is 1370 g/mol. The monoisotopic (exact) mass is 1430 g/mol. The number of carbonyl (C=O) groups excluding carboxylic acids is 12. The quantitative estimate of drug-likeness (QED) is 0.00912. The van der Waals surface area contributed by atoms with Crippen molar-refractivity contribution in [3.63, 3.8) is 0 Å².